The molecule has 36 heavy (non-hydrogen) atoms. The molecule has 10 heteroatoms. The zero-order valence-corrected chi connectivity index (χ0v) is 20.1. The number of anilines is 1. The van der Waals surface area contributed by atoms with Crippen LogP contribution in [0.25, 0.3) is 11.5 Å². The van der Waals surface area contributed by atoms with Crippen molar-refractivity contribution in [3.05, 3.63) is 59.2 Å². The lowest BCUT2D eigenvalue weighted by molar-refractivity contribution is 0.116. The van der Waals surface area contributed by atoms with E-state index in [1.165, 1.54) is 12.1 Å². The highest BCUT2D eigenvalue weighted by molar-refractivity contribution is 5.94. The van der Waals surface area contributed by atoms with Crippen molar-refractivity contribution in [2.24, 2.45) is 0 Å². The standard InChI is InChI=1S/C26H27F3N4O3/c1-26(2)14-17-7-6-8-20(21(17)36-26)33(25(34)32-11-4-3-5-12-32)15-18-10-9-16(13-19(18)27)23-30-31-24(35-23)22(28)29/h6-10,13,22H,3-5,11-12,14-15H2,1-2H3. The number of fused-ring (bicyclic) bond motifs is 1. The van der Waals surface area contributed by atoms with Crippen molar-refractivity contribution < 1.29 is 27.1 Å². The number of nitrogens with zero attached hydrogens (tertiary/aromatic N) is 4. The molecule has 0 spiro atoms. The molecule has 5 rings (SSSR count). The number of aromatic nitrogens is 2. The Hall–Kier alpha value is -3.56. The lowest BCUT2D eigenvalue weighted by Gasteiger charge is -2.34. The largest absolute Gasteiger partial charge is 0.485 e. The molecule has 0 N–H and O–H groups in total. The van der Waals surface area contributed by atoms with Crippen molar-refractivity contribution >= 4 is 11.7 Å². The maximum Gasteiger partial charge on any atom is 0.324 e. The van der Waals surface area contributed by atoms with Crippen LogP contribution in [0.4, 0.5) is 23.7 Å². The van der Waals surface area contributed by atoms with Gasteiger partial charge in [-0.2, -0.15) is 8.78 Å². The third kappa shape index (κ3) is 4.76. The van der Waals surface area contributed by atoms with Gasteiger partial charge in [-0.1, -0.05) is 18.2 Å². The molecule has 1 aromatic heterocycles. The lowest BCUT2D eigenvalue weighted by atomic mass is 10.0. The Bertz CT molecular complexity index is 1270. The molecule has 190 valence electrons. The summed E-state index contributed by atoms with van der Waals surface area (Å²) in [5.41, 5.74) is 1.61. The Balaban J connectivity index is 1.48. The molecule has 3 heterocycles. The number of urea groups is 1. The van der Waals surface area contributed by atoms with Crippen LogP contribution in [0.5, 0.6) is 5.75 Å². The number of carbonyl (C=O) groups excluding carboxylic acids is 1. The summed E-state index contributed by atoms with van der Waals surface area (Å²) in [7, 11) is 0. The summed E-state index contributed by atoms with van der Waals surface area (Å²) in [6.45, 7) is 5.23. The van der Waals surface area contributed by atoms with Gasteiger partial charge in [-0.3, -0.25) is 4.90 Å². The number of carbonyl (C=O) groups is 1. The average molecular weight is 501 g/mol. The monoisotopic (exact) mass is 500 g/mol. The molecule has 2 aliphatic rings. The number of rotatable bonds is 5. The van der Waals surface area contributed by atoms with Gasteiger partial charge in [0.25, 0.3) is 5.89 Å². The Morgan fingerprint density at radius 1 is 1.14 bits per heavy atom. The zero-order chi connectivity index (χ0) is 25.4. The van der Waals surface area contributed by atoms with Crippen LogP contribution < -0.4 is 9.64 Å². The fraction of sp³-hybridized carbons (Fsp3) is 0.423. The summed E-state index contributed by atoms with van der Waals surface area (Å²) >= 11 is 0. The van der Waals surface area contributed by atoms with E-state index in [1.54, 1.807) is 9.80 Å². The van der Waals surface area contributed by atoms with E-state index < -0.39 is 23.7 Å². The maximum absolute atomic E-state index is 15.3. The van der Waals surface area contributed by atoms with E-state index in [4.69, 9.17) is 9.15 Å². The summed E-state index contributed by atoms with van der Waals surface area (Å²) in [6.07, 6.45) is 0.703. The Kier molecular flexibility index (Phi) is 6.36. The van der Waals surface area contributed by atoms with Crippen LogP contribution in [0.15, 0.2) is 40.8 Å². The first-order chi connectivity index (χ1) is 17.2. The minimum absolute atomic E-state index is 0.0339. The molecule has 1 fully saturated rings. The average Bonchev–Trinajstić information content (AvgIpc) is 3.47. The fourth-order valence-electron chi connectivity index (χ4n) is 4.74. The molecule has 2 aromatic carbocycles. The van der Waals surface area contributed by atoms with Gasteiger partial charge < -0.3 is 14.1 Å². The first-order valence-electron chi connectivity index (χ1n) is 12.0. The van der Waals surface area contributed by atoms with Crippen molar-refractivity contribution in [3.63, 3.8) is 0 Å². The second-order valence-corrected chi connectivity index (χ2v) is 9.77. The number of amides is 2. The molecule has 0 unspecified atom stereocenters. The number of halogens is 3. The Morgan fingerprint density at radius 3 is 2.61 bits per heavy atom. The van der Waals surface area contributed by atoms with Gasteiger partial charge in [0.1, 0.15) is 17.2 Å². The molecule has 1 saturated heterocycles. The number of ether oxygens (including phenoxy) is 1. The van der Waals surface area contributed by atoms with Crippen LogP contribution in [-0.2, 0) is 13.0 Å². The summed E-state index contributed by atoms with van der Waals surface area (Å²) in [5, 5.41) is 6.87. The highest BCUT2D eigenvalue weighted by atomic mass is 19.3. The molecule has 2 amide bonds. The minimum Gasteiger partial charge on any atom is -0.485 e. The second-order valence-electron chi connectivity index (χ2n) is 9.77. The molecule has 0 radical (unpaired) electrons. The first-order valence-corrected chi connectivity index (χ1v) is 12.0. The van der Waals surface area contributed by atoms with E-state index in [1.807, 2.05) is 32.0 Å². The molecule has 0 aliphatic carbocycles. The van der Waals surface area contributed by atoms with Crippen LogP contribution in [0, 0.1) is 5.82 Å². The van der Waals surface area contributed by atoms with E-state index in [9.17, 15) is 13.6 Å². The van der Waals surface area contributed by atoms with Crippen molar-refractivity contribution in [1.29, 1.82) is 0 Å². The molecular weight excluding hydrogens is 473 g/mol. The van der Waals surface area contributed by atoms with Crippen molar-refractivity contribution in [1.82, 2.24) is 15.1 Å². The number of alkyl halides is 2. The molecule has 2 aliphatic heterocycles. The van der Waals surface area contributed by atoms with Crippen LogP contribution in [0.2, 0.25) is 0 Å². The summed E-state index contributed by atoms with van der Waals surface area (Å²) < 4.78 is 52.0. The maximum atomic E-state index is 15.3. The first kappa shape index (κ1) is 24.1. The van der Waals surface area contributed by atoms with Gasteiger partial charge in [-0.05, 0) is 51.3 Å². The van der Waals surface area contributed by atoms with Gasteiger partial charge >= 0.3 is 12.5 Å². The third-order valence-electron chi connectivity index (χ3n) is 6.47. The SMILES string of the molecule is CC1(C)Cc2cccc(N(Cc3ccc(-c4nnc(C(F)F)o4)cc3F)C(=O)N3CCCCC3)c2O1. The highest BCUT2D eigenvalue weighted by Crippen LogP contribution is 2.43. The number of likely N-dealkylation sites (tertiary alicyclic amines) is 1. The van der Waals surface area contributed by atoms with Crippen molar-refractivity contribution in [2.75, 3.05) is 18.0 Å². The van der Waals surface area contributed by atoms with Crippen LogP contribution in [0.3, 0.4) is 0 Å². The molecule has 0 bridgehead atoms. The van der Waals surface area contributed by atoms with Crippen molar-refractivity contribution in [2.45, 2.75) is 58.1 Å². The van der Waals surface area contributed by atoms with Gasteiger partial charge in [0.05, 0.1) is 12.2 Å². The normalized spacial score (nSPS) is 16.7. The van der Waals surface area contributed by atoms with E-state index in [2.05, 4.69) is 10.2 Å². The number of hydrogen-bond donors (Lipinski definition) is 0. The van der Waals surface area contributed by atoms with Gasteiger partial charge in [-0.25, -0.2) is 9.18 Å². The van der Waals surface area contributed by atoms with Gasteiger partial charge in [0.2, 0.25) is 5.89 Å². The topological polar surface area (TPSA) is 71.7 Å². The minimum atomic E-state index is -2.91. The molecule has 7 nitrogen and oxygen atoms in total. The fourth-order valence-corrected chi connectivity index (χ4v) is 4.74. The number of benzene rings is 2. The molecule has 0 atom stereocenters. The zero-order valence-electron chi connectivity index (χ0n) is 20.1. The van der Waals surface area contributed by atoms with E-state index in [-0.39, 0.29) is 29.6 Å². The van der Waals surface area contributed by atoms with Gasteiger partial charge in [0, 0.05) is 36.2 Å². The summed E-state index contributed by atoms with van der Waals surface area (Å²) in [4.78, 5) is 17.1. The molecular formula is C26H27F3N4O3. The molecule has 3 aromatic rings. The van der Waals surface area contributed by atoms with Gasteiger partial charge in [0.15, 0.2) is 0 Å². The summed E-state index contributed by atoms with van der Waals surface area (Å²) in [5.74, 6) is -1.01. The highest BCUT2D eigenvalue weighted by Gasteiger charge is 2.35. The Labute approximate surface area is 206 Å². The van der Waals surface area contributed by atoms with E-state index in [0.29, 0.717) is 30.9 Å². The number of para-hydroxylation sites is 1. The van der Waals surface area contributed by atoms with Crippen LogP contribution in [0.1, 0.15) is 56.6 Å². The van der Waals surface area contributed by atoms with E-state index >= 15 is 4.39 Å². The lowest BCUT2D eigenvalue weighted by Crippen LogP contribution is -2.45. The van der Waals surface area contributed by atoms with Crippen molar-refractivity contribution in [3.8, 4) is 17.2 Å². The Morgan fingerprint density at radius 2 is 1.92 bits per heavy atom. The number of hydrogen-bond acceptors (Lipinski definition) is 5. The summed E-state index contributed by atoms with van der Waals surface area (Å²) in [6, 6.07) is 9.63. The van der Waals surface area contributed by atoms with Gasteiger partial charge in [-0.15, -0.1) is 10.2 Å². The van der Waals surface area contributed by atoms with Crippen LogP contribution >= 0.6 is 0 Å². The van der Waals surface area contributed by atoms with Crippen LogP contribution in [-0.4, -0.2) is 39.8 Å². The molecule has 0 saturated carbocycles. The number of piperidine rings is 1. The predicted molar refractivity (Wildman–Crippen MR) is 127 cm³/mol. The van der Waals surface area contributed by atoms with E-state index in [0.717, 1.165) is 30.9 Å². The quantitative estimate of drug-likeness (QED) is 0.421. The predicted octanol–water partition coefficient (Wildman–Crippen LogP) is 6.14. The third-order valence-corrected chi connectivity index (χ3v) is 6.47. The second kappa shape index (κ2) is 9.48. The smallest absolute Gasteiger partial charge is 0.324 e.